The fourth-order valence-electron chi connectivity index (χ4n) is 2.49. The van der Waals surface area contributed by atoms with E-state index in [0.717, 1.165) is 6.42 Å². The fraction of sp³-hybridized carbons (Fsp3) is 0.857. The van der Waals surface area contributed by atoms with Crippen LogP contribution in [0.15, 0.2) is 0 Å². The van der Waals surface area contributed by atoms with Crippen LogP contribution in [-0.2, 0) is 14.3 Å². The predicted octanol–water partition coefficient (Wildman–Crippen LogP) is 1.32. The first-order chi connectivity index (χ1) is 9.02. The molecule has 0 aromatic heterocycles. The monoisotopic (exact) mass is 270 g/mol. The molecule has 0 saturated carbocycles. The first-order valence-corrected chi connectivity index (χ1v) is 7.23. The van der Waals surface area contributed by atoms with Crippen molar-refractivity contribution in [2.75, 3.05) is 19.8 Å². The van der Waals surface area contributed by atoms with Gasteiger partial charge in [-0.1, -0.05) is 13.8 Å². The molecule has 1 N–H and O–H groups in total. The Balaban J connectivity index is 2.75. The van der Waals surface area contributed by atoms with Crippen LogP contribution in [0.5, 0.6) is 0 Å². The van der Waals surface area contributed by atoms with Gasteiger partial charge in [0.2, 0.25) is 11.8 Å². The minimum atomic E-state index is -0.713. The molecule has 2 amide bonds. The molecule has 1 atom stereocenters. The van der Waals surface area contributed by atoms with Crippen molar-refractivity contribution < 1.29 is 14.3 Å². The highest BCUT2D eigenvalue weighted by Crippen LogP contribution is 2.25. The highest BCUT2D eigenvalue weighted by molar-refractivity contribution is 5.99. The number of carbonyl (C=O) groups excluding carboxylic acids is 2. The number of hydrogen-bond acceptors (Lipinski definition) is 3. The molecule has 0 radical (unpaired) electrons. The van der Waals surface area contributed by atoms with Crippen molar-refractivity contribution in [3.8, 4) is 0 Å². The lowest BCUT2D eigenvalue weighted by Gasteiger charge is -2.44. The summed E-state index contributed by atoms with van der Waals surface area (Å²) >= 11 is 0. The minimum Gasteiger partial charge on any atom is -0.382 e. The molecule has 1 aliphatic rings. The number of nitrogens with one attached hydrogen (secondary N) is 1. The molecule has 0 aromatic rings. The molecule has 19 heavy (non-hydrogen) atoms. The first kappa shape index (κ1) is 16.0. The first-order valence-electron chi connectivity index (χ1n) is 7.23. The topological polar surface area (TPSA) is 58.6 Å². The predicted molar refractivity (Wildman–Crippen MR) is 73.7 cm³/mol. The summed E-state index contributed by atoms with van der Waals surface area (Å²) in [5.41, 5.74) is -0.713. The standard InChI is InChI=1S/C14H26N2O3/c1-5-14(6-2)13(18)16(9-8-10-19-7-3)11(4)12(17)15-14/h11H,5-10H2,1-4H3,(H,15,17). The second-order valence-electron chi connectivity index (χ2n) is 5.00. The summed E-state index contributed by atoms with van der Waals surface area (Å²) in [6.45, 7) is 9.49. The van der Waals surface area contributed by atoms with Crippen LogP contribution < -0.4 is 5.32 Å². The van der Waals surface area contributed by atoms with Gasteiger partial charge in [-0.25, -0.2) is 0 Å². The third-order valence-corrected chi connectivity index (χ3v) is 3.98. The zero-order chi connectivity index (χ0) is 14.5. The van der Waals surface area contributed by atoms with Crippen LogP contribution in [0.4, 0.5) is 0 Å². The molecule has 0 spiro atoms. The molecule has 0 bridgehead atoms. The number of amides is 2. The second kappa shape index (κ2) is 6.89. The number of ether oxygens (including phenoxy) is 1. The van der Waals surface area contributed by atoms with Gasteiger partial charge >= 0.3 is 0 Å². The Bertz CT molecular complexity index is 327. The van der Waals surface area contributed by atoms with Gasteiger partial charge in [0.05, 0.1) is 0 Å². The smallest absolute Gasteiger partial charge is 0.248 e. The van der Waals surface area contributed by atoms with E-state index in [1.807, 2.05) is 20.8 Å². The molecule has 5 nitrogen and oxygen atoms in total. The third-order valence-electron chi connectivity index (χ3n) is 3.98. The van der Waals surface area contributed by atoms with E-state index >= 15 is 0 Å². The Labute approximate surface area is 115 Å². The van der Waals surface area contributed by atoms with Crippen molar-refractivity contribution in [2.45, 2.75) is 58.5 Å². The van der Waals surface area contributed by atoms with Gasteiger partial charge in [-0.15, -0.1) is 0 Å². The summed E-state index contributed by atoms with van der Waals surface area (Å²) in [4.78, 5) is 26.3. The summed E-state index contributed by atoms with van der Waals surface area (Å²) in [6.07, 6.45) is 2.02. The van der Waals surface area contributed by atoms with Crippen molar-refractivity contribution in [1.29, 1.82) is 0 Å². The van der Waals surface area contributed by atoms with Crippen LogP contribution in [0.2, 0.25) is 0 Å². The Morgan fingerprint density at radius 2 is 1.89 bits per heavy atom. The number of nitrogens with zero attached hydrogens (tertiary/aromatic N) is 1. The van der Waals surface area contributed by atoms with Gasteiger partial charge in [-0.3, -0.25) is 9.59 Å². The third kappa shape index (κ3) is 3.26. The van der Waals surface area contributed by atoms with Crippen LogP contribution in [0.3, 0.4) is 0 Å². The quantitative estimate of drug-likeness (QED) is 0.710. The van der Waals surface area contributed by atoms with E-state index in [9.17, 15) is 9.59 Å². The van der Waals surface area contributed by atoms with E-state index in [1.165, 1.54) is 0 Å². The van der Waals surface area contributed by atoms with Crippen molar-refractivity contribution in [3.63, 3.8) is 0 Å². The lowest BCUT2D eigenvalue weighted by Crippen LogP contribution is -2.69. The van der Waals surface area contributed by atoms with E-state index in [1.54, 1.807) is 11.8 Å². The molecular formula is C14H26N2O3. The number of piperazine rings is 1. The summed E-state index contributed by atoms with van der Waals surface area (Å²) < 4.78 is 5.29. The number of rotatable bonds is 7. The Kier molecular flexibility index (Phi) is 5.79. The summed E-state index contributed by atoms with van der Waals surface area (Å²) in [5.74, 6) is -0.0131. The van der Waals surface area contributed by atoms with Crippen molar-refractivity contribution >= 4 is 11.8 Å². The van der Waals surface area contributed by atoms with Crippen molar-refractivity contribution in [1.82, 2.24) is 10.2 Å². The molecule has 1 heterocycles. The molecular weight excluding hydrogens is 244 g/mol. The lowest BCUT2D eigenvalue weighted by molar-refractivity contribution is -0.155. The largest absolute Gasteiger partial charge is 0.382 e. The van der Waals surface area contributed by atoms with Gasteiger partial charge in [-0.2, -0.15) is 0 Å². The van der Waals surface area contributed by atoms with E-state index in [0.29, 0.717) is 32.6 Å². The minimum absolute atomic E-state index is 0.0427. The lowest BCUT2D eigenvalue weighted by atomic mass is 9.87. The Morgan fingerprint density at radius 1 is 1.26 bits per heavy atom. The molecule has 0 aliphatic carbocycles. The highest BCUT2D eigenvalue weighted by atomic mass is 16.5. The maximum Gasteiger partial charge on any atom is 0.248 e. The summed E-state index contributed by atoms with van der Waals surface area (Å²) in [5, 5.41) is 2.90. The zero-order valence-electron chi connectivity index (χ0n) is 12.5. The van der Waals surface area contributed by atoms with E-state index in [2.05, 4.69) is 5.32 Å². The highest BCUT2D eigenvalue weighted by Gasteiger charge is 2.46. The van der Waals surface area contributed by atoms with E-state index in [4.69, 9.17) is 4.74 Å². The molecule has 1 fully saturated rings. The van der Waals surface area contributed by atoms with Gasteiger partial charge in [0.1, 0.15) is 11.6 Å². The molecule has 1 rings (SSSR count). The molecule has 110 valence electrons. The van der Waals surface area contributed by atoms with Crippen molar-refractivity contribution in [3.05, 3.63) is 0 Å². The van der Waals surface area contributed by atoms with Gasteiger partial charge in [0.15, 0.2) is 0 Å². The van der Waals surface area contributed by atoms with E-state index in [-0.39, 0.29) is 17.9 Å². The van der Waals surface area contributed by atoms with Crippen LogP contribution in [0.1, 0.15) is 47.0 Å². The average molecular weight is 270 g/mol. The second-order valence-corrected chi connectivity index (χ2v) is 5.00. The number of hydrogen-bond donors (Lipinski definition) is 1. The normalized spacial score (nSPS) is 22.5. The molecule has 1 saturated heterocycles. The molecule has 1 unspecified atom stereocenters. The SMILES string of the molecule is CCOCCCN1C(=O)C(CC)(CC)NC(=O)C1C. The van der Waals surface area contributed by atoms with Gasteiger partial charge in [0, 0.05) is 19.8 Å². The van der Waals surface area contributed by atoms with Gasteiger partial charge in [-0.05, 0) is 33.1 Å². The van der Waals surface area contributed by atoms with Crippen LogP contribution in [0, 0.1) is 0 Å². The summed E-state index contributed by atoms with van der Waals surface area (Å²) in [6, 6.07) is -0.389. The molecule has 0 aromatic carbocycles. The van der Waals surface area contributed by atoms with Crippen LogP contribution in [-0.4, -0.2) is 48.1 Å². The van der Waals surface area contributed by atoms with Gasteiger partial charge in [0.25, 0.3) is 0 Å². The Morgan fingerprint density at radius 3 is 2.42 bits per heavy atom. The maximum atomic E-state index is 12.6. The maximum absolute atomic E-state index is 12.6. The van der Waals surface area contributed by atoms with E-state index < -0.39 is 5.54 Å². The van der Waals surface area contributed by atoms with Crippen LogP contribution >= 0.6 is 0 Å². The molecule has 5 heteroatoms. The molecule has 1 aliphatic heterocycles. The zero-order valence-corrected chi connectivity index (χ0v) is 12.5. The van der Waals surface area contributed by atoms with Gasteiger partial charge < -0.3 is 15.0 Å². The van der Waals surface area contributed by atoms with Crippen LogP contribution in [0.25, 0.3) is 0 Å². The summed E-state index contributed by atoms with van der Waals surface area (Å²) in [7, 11) is 0. The Hall–Kier alpha value is -1.10. The van der Waals surface area contributed by atoms with Crippen molar-refractivity contribution in [2.24, 2.45) is 0 Å². The fourth-order valence-corrected chi connectivity index (χ4v) is 2.49. The number of carbonyl (C=O) groups is 2. The average Bonchev–Trinajstić information content (AvgIpc) is 2.42.